The number of tetrazole rings is 1. The predicted molar refractivity (Wildman–Crippen MR) is 103 cm³/mol. The number of hydrogen-bond donors (Lipinski definition) is 0. The molecule has 1 heterocycles. The Morgan fingerprint density at radius 2 is 1.96 bits per heavy atom. The van der Waals surface area contributed by atoms with Crippen molar-refractivity contribution < 1.29 is 4.79 Å². The van der Waals surface area contributed by atoms with E-state index in [-0.39, 0.29) is 11.9 Å². The van der Waals surface area contributed by atoms with Gasteiger partial charge in [-0.2, -0.15) is 0 Å². The molecule has 6 nitrogen and oxygen atoms in total. The molecule has 2 aromatic rings. The normalized spacial score (nSPS) is 15.3. The lowest BCUT2D eigenvalue weighted by Crippen LogP contribution is -2.37. The number of rotatable bonds is 7. The van der Waals surface area contributed by atoms with Gasteiger partial charge in [0.1, 0.15) is 0 Å². The molecule has 1 saturated carbocycles. The zero-order valence-corrected chi connectivity index (χ0v) is 16.4. The van der Waals surface area contributed by atoms with Crippen LogP contribution >= 0.6 is 11.8 Å². The number of aromatic nitrogens is 4. The van der Waals surface area contributed by atoms with Crippen molar-refractivity contribution in [3.05, 3.63) is 35.9 Å². The first-order valence-electron chi connectivity index (χ1n) is 9.39. The van der Waals surface area contributed by atoms with Crippen LogP contribution in [0.2, 0.25) is 0 Å². The maximum atomic E-state index is 12.8. The quantitative estimate of drug-likeness (QED) is 0.692. The van der Waals surface area contributed by atoms with Crippen molar-refractivity contribution in [3.8, 4) is 0 Å². The second kappa shape index (κ2) is 9.16. The molecule has 1 aromatic carbocycles. The summed E-state index contributed by atoms with van der Waals surface area (Å²) in [5.74, 6) is 0.477. The van der Waals surface area contributed by atoms with Crippen molar-refractivity contribution in [2.45, 2.75) is 69.7 Å². The summed E-state index contributed by atoms with van der Waals surface area (Å²) < 4.78 is 1.92. The average Bonchev–Trinajstić information content (AvgIpc) is 3.14. The number of benzene rings is 1. The summed E-state index contributed by atoms with van der Waals surface area (Å²) in [6.07, 6.45) is 6.00. The molecule has 0 saturated heterocycles. The van der Waals surface area contributed by atoms with E-state index < -0.39 is 0 Å². The van der Waals surface area contributed by atoms with Gasteiger partial charge in [0.2, 0.25) is 11.1 Å². The molecule has 1 aliphatic carbocycles. The van der Waals surface area contributed by atoms with Crippen LogP contribution in [-0.4, -0.2) is 42.8 Å². The van der Waals surface area contributed by atoms with Gasteiger partial charge in [-0.1, -0.05) is 61.4 Å². The van der Waals surface area contributed by atoms with E-state index in [9.17, 15) is 4.79 Å². The van der Waals surface area contributed by atoms with Crippen molar-refractivity contribution in [1.82, 2.24) is 25.1 Å². The Hall–Kier alpha value is -1.89. The highest BCUT2D eigenvalue weighted by molar-refractivity contribution is 7.99. The molecule has 0 N–H and O–H groups in total. The monoisotopic (exact) mass is 373 g/mol. The van der Waals surface area contributed by atoms with Crippen LogP contribution in [0.25, 0.3) is 0 Å². The Balaban J connectivity index is 1.61. The molecule has 0 atom stereocenters. The van der Waals surface area contributed by atoms with E-state index in [0.717, 1.165) is 23.6 Å². The summed E-state index contributed by atoms with van der Waals surface area (Å²) in [7, 11) is 0. The van der Waals surface area contributed by atoms with Crippen LogP contribution in [0.5, 0.6) is 0 Å². The number of carbonyl (C=O) groups is 1. The van der Waals surface area contributed by atoms with Crippen LogP contribution in [-0.2, 0) is 11.3 Å². The average molecular weight is 374 g/mol. The Labute approximate surface area is 159 Å². The smallest absolute Gasteiger partial charge is 0.233 e. The lowest BCUT2D eigenvalue weighted by atomic mass is 9.96. The van der Waals surface area contributed by atoms with Gasteiger partial charge >= 0.3 is 0 Å². The fraction of sp³-hybridized carbons (Fsp3) is 0.579. The summed E-state index contributed by atoms with van der Waals surface area (Å²) >= 11 is 1.45. The molecule has 0 aliphatic heterocycles. The lowest BCUT2D eigenvalue weighted by Gasteiger charge is -2.27. The van der Waals surface area contributed by atoms with Gasteiger partial charge in [0.05, 0.1) is 11.8 Å². The third-order valence-corrected chi connectivity index (χ3v) is 5.77. The fourth-order valence-corrected chi connectivity index (χ4v) is 4.21. The molecule has 0 spiro atoms. The topological polar surface area (TPSA) is 63.9 Å². The van der Waals surface area contributed by atoms with Crippen LogP contribution in [0.1, 0.15) is 57.6 Å². The van der Waals surface area contributed by atoms with Gasteiger partial charge in [-0.05, 0) is 42.7 Å². The molecule has 0 radical (unpaired) electrons. The molecule has 140 valence electrons. The third-order valence-electron chi connectivity index (χ3n) is 4.85. The summed E-state index contributed by atoms with van der Waals surface area (Å²) in [6, 6.07) is 10.6. The van der Waals surface area contributed by atoms with E-state index in [4.69, 9.17) is 0 Å². The minimum absolute atomic E-state index is 0.118. The highest BCUT2D eigenvalue weighted by atomic mass is 32.2. The largest absolute Gasteiger partial charge is 0.335 e. The highest BCUT2D eigenvalue weighted by Gasteiger charge is 2.22. The first-order valence-corrected chi connectivity index (χ1v) is 10.4. The van der Waals surface area contributed by atoms with Gasteiger partial charge in [-0.15, -0.1) is 5.10 Å². The van der Waals surface area contributed by atoms with Crippen LogP contribution in [0.4, 0.5) is 0 Å². The first kappa shape index (κ1) is 18.9. The molecule has 1 aromatic heterocycles. The molecule has 7 heteroatoms. The molecule has 26 heavy (non-hydrogen) atoms. The summed E-state index contributed by atoms with van der Waals surface area (Å²) in [4.78, 5) is 14.7. The second-order valence-corrected chi connectivity index (χ2v) is 8.03. The van der Waals surface area contributed by atoms with Crippen molar-refractivity contribution in [2.24, 2.45) is 0 Å². The van der Waals surface area contributed by atoms with Gasteiger partial charge < -0.3 is 4.90 Å². The second-order valence-electron chi connectivity index (χ2n) is 7.09. The first-order chi connectivity index (χ1) is 12.6. The van der Waals surface area contributed by atoms with Crippen molar-refractivity contribution >= 4 is 17.7 Å². The van der Waals surface area contributed by atoms with Gasteiger partial charge in [0.15, 0.2) is 0 Å². The summed E-state index contributed by atoms with van der Waals surface area (Å²) in [6.45, 7) is 4.74. The van der Waals surface area contributed by atoms with Gasteiger partial charge in [-0.25, -0.2) is 4.68 Å². The van der Waals surface area contributed by atoms with Crippen molar-refractivity contribution in [3.63, 3.8) is 0 Å². The van der Waals surface area contributed by atoms with Crippen molar-refractivity contribution in [1.29, 1.82) is 0 Å². The van der Waals surface area contributed by atoms with Gasteiger partial charge in [0.25, 0.3) is 0 Å². The Morgan fingerprint density at radius 3 is 2.65 bits per heavy atom. The number of carbonyl (C=O) groups excluding carboxylic acids is 1. The minimum atomic E-state index is 0.118. The Bertz CT molecular complexity index is 697. The van der Waals surface area contributed by atoms with Crippen molar-refractivity contribution in [2.75, 3.05) is 5.75 Å². The van der Waals surface area contributed by atoms with Crippen LogP contribution < -0.4 is 0 Å². The lowest BCUT2D eigenvalue weighted by molar-refractivity contribution is -0.130. The molecular formula is C19H27N5OS. The van der Waals surface area contributed by atoms with Gasteiger partial charge in [0, 0.05) is 12.6 Å². The molecule has 3 rings (SSSR count). The SMILES string of the molecule is CC(C)N(Cc1ccccc1)C(=O)CSc1nnnn1C1CCCCC1. The number of thioether (sulfide) groups is 1. The molecule has 0 unspecified atom stereocenters. The zero-order valence-electron chi connectivity index (χ0n) is 15.5. The molecule has 0 bridgehead atoms. The third kappa shape index (κ3) is 4.84. The molecule has 1 fully saturated rings. The van der Waals surface area contributed by atoms with Crippen LogP contribution in [0, 0.1) is 0 Å². The number of hydrogen-bond acceptors (Lipinski definition) is 5. The zero-order chi connectivity index (χ0) is 18.4. The fourth-order valence-electron chi connectivity index (χ4n) is 3.38. The molecule has 1 amide bonds. The molecule has 1 aliphatic rings. The maximum absolute atomic E-state index is 12.8. The van der Waals surface area contributed by atoms with E-state index in [1.807, 2.05) is 27.8 Å². The van der Waals surface area contributed by atoms with E-state index in [2.05, 4.69) is 41.5 Å². The maximum Gasteiger partial charge on any atom is 0.233 e. The Kier molecular flexibility index (Phi) is 6.66. The summed E-state index contributed by atoms with van der Waals surface area (Å²) in [5, 5.41) is 12.9. The van der Waals surface area contributed by atoms with E-state index in [1.165, 1.54) is 31.0 Å². The van der Waals surface area contributed by atoms with E-state index in [0.29, 0.717) is 18.3 Å². The van der Waals surface area contributed by atoms with E-state index in [1.54, 1.807) is 0 Å². The van der Waals surface area contributed by atoms with E-state index >= 15 is 0 Å². The number of nitrogens with zero attached hydrogens (tertiary/aromatic N) is 5. The van der Waals surface area contributed by atoms with Gasteiger partial charge in [-0.3, -0.25) is 4.79 Å². The molecular weight excluding hydrogens is 346 g/mol. The van der Waals surface area contributed by atoms with Crippen LogP contribution in [0.3, 0.4) is 0 Å². The highest BCUT2D eigenvalue weighted by Crippen LogP contribution is 2.30. The predicted octanol–water partition coefficient (Wildman–Crippen LogP) is 3.71. The summed E-state index contributed by atoms with van der Waals surface area (Å²) in [5.41, 5.74) is 1.14. The standard InChI is InChI=1S/C19H27N5OS/c1-15(2)23(13-16-9-5-3-6-10-16)18(25)14-26-19-20-21-22-24(19)17-11-7-4-8-12-17/h3,5-6,9-10,15,17H,4,7-8,11-14H2,1-2H3. The minimum Gasteiger partial charge on any atom is -0.335 e. The Morgan fingerprint density at radius 1 is 1.23 bits per heavy atom. The van der Waals surface area contributed by atoms with Crippen LogP contribution in [0.15, 0.2) is 35.5 Å². The number of amides is 1.